The van der Waals surface area contributed by atoms with Crippen molar-refractivity contribution in [3.05, 3.63) is 275 Å². The summed E-state index contributed by atoms with van der Waals surface area (Å²) in [6.45, 7) is 8.63. The number of hydrogen-bond donors (Lipinski definition) is 0. The van der Waals surface area contributed by atoms with Gasteiger partial charge >= 0.3 is 0 Å². The Kier molecular flexibility index (Phi) is 9.66. The third-order valence-corrected chi connectivity index (χ3v) is 14.1. The summed E-state index contributed by atoms with van der Waals surface area (Å²) in [5.41, 5.74) is 26.1. The zero-order valence-corrected chi connectivity index (χ0v) is 38.3. The van der Waals surface area contributed by atoms with Crippen LogP contribution in [0.15, 0.2) is 231 Å². The van der Waals surface area contributed by atoms with E-state index in [-0.39, 0.29) is 0 Å². The molecule has 0 atom stereocenters. The molecule has 2 nitrogen and oxygen atoms in total. The Morgan fingerprint density at radius 3 is 0.821 bits per heavy atom. The van der Waals surface area contributed by atoms with Crippen molar-refractivity contribution in [2.75, 3.05) is 9.80 Å². The zero-order chi connectivity index (χ0) is 45.2. The maximum absolute atomic E-state index is 2.51. The fraction of sp³-hybridized carbons (Fsp3) is 0.0769. The van der Waals surface area contributed by atoms with Crippen molar-refractivity contribution in [1.29, 1.82) is 0 Å². The minimum Gasteiger partial charge on any atom is -0.310 e. The smallest absolute Gasteiger partial charge is 0.0727 e. The molecule has 320 valence electrons. The SMILES string of the molecule is Cc1ccc(N(c2ccc(C)cc2)c2ccc3c(c2)C2(c4cc(-c5ccccc5)ccc4-c4ccc(-c5ccccc5)cc42)c2cc(N(c4ccc(C)cc4)c4ccc(C)cc4)ccc2-3)cc1. The van der Waals surface area contributed by atoms with E-state index in [1.54, 1.807) is 0 Å². The maximum atomic E-state index is 2.51. The molecule has 0 bridgehead atoms. The molecule has 10 aromatic rings. The van der Waals surface area contributed by atoms with Crippen LogP contribution >= 0.6 is 0 Å². The van der Waals surface area contributed by atoms with Crippen molar-refractivity contribution in [3.8, 4) is 44.5 Å². The molecule has 67 heavy (non-hydrogen) atoms. The van der Waals surface area contributed by atoms with Gasteiger partial charge in [0.15, 0.2) is 0 Å². The van der Waals surface area contributed by atoms with Crippen LogP contribution in [0.3, 0.4) is 0 Å². The summed E-state index contributed by atoms with van der Waals surface area (Å²) in [5, 5.41) is 0. The highest BCUT2D eigenvalue weighted by Gasteiger charge is 2.52. The second kappa shape index (κ2) is 16.0. The Morgan fingerprint density at radius 2 is 0.507 bits per heavy atom. The average molecular weight is 859 g/mol. The fourth-order valence-electron chi connectivity index (χ4n) is 10.8. The number of benzene rings is 10. The maximum Gasteiger partial charge on any atom is 0.0727 e. The Labute approximate surface area is 394 Å². The van der Waals surface area contributed by atoms with E-state index >= 15 is 0 Å². The monoisotopic (exact) mass is 858 g/mol. The number of hydrogen-bond acceptors (Lipinski definition) is 2. The summed E-state index contributed by atoms with van der Waals surface area (Å²) in [5.74, 6) is 0. The normalized spacial score (nSPS) is 12.6. The van der Waals surface area contributed by atoms with Gasteiger partial charge in [-0.2, -0.15) is 0 Å². The van der Waals surface area contributed by atoms with Crippen LogP contribution in [0.4, 0.5) is 34.1 Å². The van der Waals surface area contributed by atoms with Crippen LogP contribution in [0.5, 0.6) is 0 Å². The molecule has 1 spiro atoms. The molecule has 0 saturated carbocycles. The van der Waals surface area contributed by atoms with Crippen LogP contribution in [0.25, 0.3) is 44.5 Å². The predicted molar refractivity (Wildman–Crippen MR) is 282 cm³/mol. The lowest BCUT2D eigenvalue weighted by Gasteiger charge is -2.34. The predicted octanol–water partition coefficient (Wildman–Crippen LogP) is 17.5. The summed E-state index contributed by atoms with van der Waals surface area (Å²) in [4.78, 5) is 4.85. The Balaban J connectivity index is 1.18. The number of rotatable bonds is 8. The van der Waals surface area contributed by atoms with Crippen LogP contribution in [0, 0.1) is 27.7 Å². The van der Waals surface area contributed by atoms with Gasteiger partial charge in [-0.15, -0.1) is 0 Å². The first kappa shape index (κ1) is 40.3. The standard InChI is InChI=1S/C65H50N2/c1-43-15-25-51(26-16-43)66(52-27-17-44(2)18-28-52)55-33-37-59-60-38-34-56(67(53-29-19-45(3)20-30-53)54-31-21-46(4)22-32-54)42-64(60)65(63(59)41-55)61-39-49(47-11-7-5-8-12-47)23-35-57(61)58-36-24-50(40-62(58)65)48-13-9-6-10-14-48/h5-42H,1-4H3. The Morgan fingerprint density at radius 1 is 0.239 bits per heavy atom. The molecule has 0 heterocycles. The van der Waals surface area contributed by atoms with Crippen molar-refractivity contribution in [2.45, 2.75) is 33.1 Å². The number of anilines is 6. The molecule has 0 N–H and O–H groups in total. The zero-order valence-electron chi connectivity index (χ0n) is 38.3. The van der Waals surface area contributed by atoms with Gasteiger partial charge in [0.2, 0.25) is 0 Å². The summed E-state index contributed by atoms with van der Waals surface area (Å²) in [7, 11) is 0. The first-order valence-electron chi connectivity index (χ1n) is 23.4. The van der Waals surface area contributed by atoms with E-state index in [9.17, 15) is 0 Å². The molecule has 2 aliphatic carbocycles. The lowest BCUT2D eigenvalue weighted by Crippen LogP contribution is -2.27. The number of nitrogens with zero attached hydrogens (tertiary/aromatic N) is 2. The summed E-state index contributed by atoms with van der Waals surface area (Å²) in [6, 6.07) is 86.4. The first-order valence-corrected chi connectivity index (χ1v) is 23.4. The van der Waals surface area contributed by atoms with E-state index in [0.29, 0.717) is 0 Å². The van der Waals surface area contributed by atoms with Gasteiger partial charge in [-0.05, 0) is 179 Å². The van der Waals surface area contributed by atoms with Gasteiger partial charge in [-0.3, -0.25) is 0 Å². The lowest BCUT2D eigenvalue weighted by atomic mass is 9.69. The molecule has 0 aromatic heterocycles. The molecule has 0 saturated heterocycles. The van der Waals surface area contributed by atoms with Gasteiger partial charge in [0.05, 0.1) is 5.41 Å². The number of fused-ring (bicyclic) bond motifs is 10. The molecular weight excluding hydrogens is 809 g/mol. The molecule has 12 rings (SSSR count). The largest absolute Gasteiger partial charge is 0.310 e. The highest BCUT2D eigenvalue weighted by atomic mass is 15.1. The second-order valence-electron chi connectivity index (χ2n) is 18.5. The Hall–Kier alpha value is -8.20. The molecule has 0 unspecified atom stereocenters. The van der Waals surface area contributed by atoms with Crippen LogP contribution in [0.1, 0.15) is 44.5 Å². The van der Waals surface area contributed by atoms with E-state index < -0.39 is 5.41 Å². The highest BCUT2D eigenvalue weighted by Crippen LogP contribution is 2.65. The Bertz CT molecular complexity index is 3130. The quantitative estimate of drug-likeness (QED) is 0.150. The minimum atomic E-state index is -0.671. The fourth-order valence-corrected chi connectivity index (χ4v) is 10.8. The van der Waals surface area contributed by atoms with E-state index in [1.807, 2.05) is 0 Å². The van der Waals surface area contributed by atoms with Gasteiger partial charge in [0.25, 0.3) is 0 Å². The van der Waals surface area contributed by atoms with E-state index in [2.05, 4.69) is 268 Å². The van der Waals surface area contributed by atoms with Crippen LogP contribution in [-0.4, -0.2) is 0 Å². The van der Waals surface area contributed by atoms with Crippen LogP contribution < -0.4 is 9.80 Å². The lowest BCUT2D eigenvalue weighted by molar-refractivity contribution is 0.794. The van der Waals surface area contributed by atoms with E-state index in [0.717, 1.165) is 34.1 Å². The third-order valence-electron chi connectivity index (χ3n) is 14.1. The van der Waals surface area contributed by atoms with Gasteiger partial charge in [-0.1, -0.05) is 168 Å². The molecule has 10 aromatic carbocycles. The topological polar surface area (TPSA) is 6.48 Å². The molecule has 0 amide bonds. The molecule has 0 radical (unpaired) electrons. The van der Waals surface area contributed by atoms with Crippen LogP contribution in [0.2, 0.25) is 0 Å². The number of aryl methyl sites for hydroxylation is 4. The average Bonchev–Trinajstić information content (AvgIpc) is 3.83. The van der Waals surface area contributed by atoms with Gasteiger partial charge < -0.3 is 9.80 Å². The van der Waals surface area contributed by atoms with Crippen molar-refractivity contribution in [1.82, 2.24) is 0 Å². The second-order valence-corrected chi connectivity index (χ2v) is 18.5. The van der Waals surface area contributed by atoms with E-state index in [1.165, 1.54) is 89.0 Å². The van der Waals surface area contributed by atoms with Crippen molar-refractivity contribution < 1.29 is 0 Å². The molecular formula is C65H50N2. The molecule has 0 fully saturated rings. The van der Waals surface area contributed by atoms with E-state index in [4.69, 9.17) is 0 Å². The molecule has 2 heteroatoms. The summed E-state index contributed by atoms with van der Waals surface area (Å²) in [6.07, 6.45) is 0. The van der Waals surface area contributed by atoms with Crippen LogP contribution in [-0.2, 0) is 5.41 Å². The molecule has 0 aliphatic heterocycles. The van der Waals surface area contributed by atoms with Gasteiger partial charge in [0.1, 0.15) is 0 Å². The molecule has 2 aliphatic rings. The van der Waals surface area contributed by atoms with Gasteiger partial charge in [0, 0.05) is 34.1 Å². The van der Waals surface area contributed by atoms with Crippen molar-refractivity contribution >= 4 is 34.1 Å². The summed E-state index contributed by atoms with van der Waals surface area (Å²) < 4.78 is 0. The van der Waals surface area contributed by atoms with Crippen molar-refractivity contribution in [3.63, 3.8) is 0 Å². The first-order chi connectivity index (χ1) is 32.8. The van der Waals surface area contributed by atoms with Crippen molar-refractivity contribution in [2.24, 2.45) is 0 Å². The third kappa shape index (κ3) is 6.71. The summed E-state index contributed by atoms with van der Waals surface area (Å²) >= 11 is 0. The van der Waals surface area contributed by atoms with Gasteiger partial charge in [-0.25, -0.2) is 0 Å². The minimum absolute atomic E-state index is 0.671. The highest BCUT2D eigenvalue weighted by molar-refractivity contribution is 5.99.